The highest BCUT2D eigenvalue weighted by molar-refractivity contribution is 9.11. The number of aryl methyl sites for hydroxylation is 2. The summed E-state index contributed by atoms with van der Waals surface area (Å²) in [5, 5.41) is 10.6. The Hall–Kier alpha value is -2.40. The fourth-order valence-electron chi connectivity index (χ4n) is 2.97. The summed E-state index contributed by atoms with van der Waals surface area (Å²) in [7, 11) is 0. The third kappa shape index (κ3) is 5.57. The van der Waals surface area contributed by atoms with Crippen molar-refractivity contribution in [2.24, 2.45) is 0 Å². The number of alkyl halides is 6. The van der Waals surface area contributed by atoms with E-state index in [-0.39, 0.29) is 9.99 Å². The fourth-order valence-corrected chi connectivity index (χ4v) is 4.01. The maximum absolute atomic E-state index is 12.6. The van der Waals surface area contributed by atoms with Crippen molar-refractivity contribution in [2.45, 2.75) is 26.2 Å². The Balaban J connectivity index is 0.000000186. The Kier molecular flexibility index (Phi) is 6.95. The number of pyridine rings is 2. The summed E-state index contributed by atoms with van der Waals surface area (Å²) in [6.45, 7) is 3.68. The molecule has 0 bridgehead atoms. The zero-order valence-corrected chi connectivity index (χ0v) is 20.1. The second-order valence-corrected chi connectivity index (χ2v) is 8.80. The number of benzene rings is 2. The highest BCUT2D eigenvalue weighted by atomic mass is 79.9. The average Bonchev–Trinajstić information content (AvgIpc) is 2.70. The SMILES string of the molecule is Cc1ccc2nc(C(F)(F)F)c(O)c(Br)c2c1.Cc1ccc2nc(C(F)(F)F)cc(Br)c2c1. The van der Waals surface area contributed by atoms with Crippen LogP contribution in [0.4, 0.5) is 26.3 Å². The summed E-state index contributed by atoms with van der Waals surface area (Å²) in [6, 6.07) is 10.9. The maximum atomic E-state index is 12.6. The van der Waals surface area contributed by atoms with Gasteiger partial charge in [0.1, 0.15) is 5.69 Å². The van der Waals surface area contributed by atoms with E-state index in [1.165, 1.54) is 6.07 Å². The predicted molar refractivity (Wildman–Crippen MR) is 120 cm³/mol. The van der Waals surface area contributed by atoms with Crippen molar-refractivity contribution >= 4 is 53.7 Å². The molecule has 33 heavy (non-hydrogen) atoms. The Morgan fingerprint density at radius 1 is 0.727 bits per heavy atom. The van der Waals surface area contributed by atoms with Gasteiger partial charge in [0, 0.05) is 15.2 Å². The molecule has 0 aliphatic heterocycles. The summed E-state index contributed by atoms with van der Waals surface area (Å²) >= 11 is 6.10. The lowest BCUT2D eigenvalue weighted by atomic mass is 10.1. The number of aromatic hydroxyl groups is 1. The van der Waals surface area contributed by atoms with Gasteiger partial charge in [-0.1, -0.05) is 39.2 Å². The molecule has 11 heteroatoms. The first-order valence-electron chi connectivity index (χ1n) is 9.18. The lowest BCUT2D eigenvalue weighted by Gasteiger charge is -2.11. The quantitative estimate of drug-likeness (QED) is 0.208. The monoisotopic (exact) mass is 594 g/mol. The van der Waals surface area contributed by atoms with Crippen LogP contribution in [-0.2, 0) is 12.4 Å². The smallest absolute Gasteiger partial charge is 0.437 e. The Morgan fingerprint density at radius 3 is 1.76 bits per heavy atom. The molecule has 4 rings (SSSR count). The van der Waals surface area contributed by atoms with Gasteiger partial charge in [0.15, 0.2) is 11.4 Å². The van der Waals surface area contributed by atoms with Gasteiger partial charge in [0.25, 0.3) is 0 Å². The van der Waals surface area contributed by atoms with Crippen molar-refractivity contribution in [3.8, 4) is 5.75 Å². The first-order valence-corrected chi connectivity index (χ1v) is 10.8. The van der Waals surface area contributed by atoms with Gasteiger partial charge in [-0.3, -0.25) is 0 Å². The van der Waals surface area contributed by atoms with Gasteiger partial charge in [0.05, 0.1) is 15.5 Å². The second kappa shape index (κ2) is 9.09. The van der Waals surface area contributed by atoms with E-state index in [0.717, 1.165) is 17.2 Å². The molecule has 0 unspecified atom stereocenters. The molecule has 0 atom stereocenters. The van der Waals surface area contributed by atoms with E-state index in [4.69, 9.17) is 0 Å². The number of halogens is 8. The van der Waals surface area contributed by atoms with Gasteiger partial charge in [-0.15, -0.1) is 0 Å². The van der Waals surface area contributed by atoms with Gasteiger partial charge in [0.2, 0.25) is 0 Å². The van der Waals surface area contributed by atoms with Crippen LogP contribution < -0.4 is 0 Å². The molecular formula is C22H14Br2F6N2O. The largest absolute Gasteiger partial charge is 0.505 e. The van der Waals surface area contributed by atoms with Gasteiger partial charge < -0.3 is 5.11 Å². The Labute approximate surface area is 200 Å². The van der Waals surface area contributed by atoms with Crippen LogP contribution in [0.2, 0.25) is 0 Å². The van der Waals surface area contributed by atoms with Crippen molar-refractivity contribution in [1.82, 2.24) is 9.97 Å². The topological polar surface area (TPSA) is 46.0 Å². The van der Waals surface area contributed by atoms with Crippen LogP contribution in [0.1, 0.15) is 22.5 Å². The van der Waals surface area contributed by atoms with Crippen LogP contribution in [0, 0.1) is 13.8 Å². The zero-order valence-electron chi connectivity index (χ0n) is 16.9. The molecular weight excluding hydrogens is 582 g/mol. The Morgan fingerprint density at radius 2 is 1.24 bits per heavy atom. The summed E-state index contributed by atoms with van der Waals surface area (Å²) in [5.74, 6) is -0.879. The lowest BCUT2D eigenvalue weighted by Crippen LogP contribution is -2.08. The van der Waals surface area contributed by atoms with E-state index in [9.17, 15) is 31.4 Å². The van der Waals surface area contributed by atoms with E-state index in [1.807, 2.05) is 6.92 Å². The number of rotatable bonds is 0. The standard InChI is InChI=1S/C11H7BrF3NO.C11H7BrF3N/c1-5-2-3-7-6(4-5)8(12)9(17)10(16-7)11(13,14)15;1-6-2-3-9-7(4-6)8(12)5-10(16-9)11(13,14)15/h2-4,17H,1H3;2-5H,1H3. The molecule has 1 N–H and O–H groups in total. The van der Waals surface area contributed by atoms with E-state index in [0.29, 0.717) is 20.8 Å². The minimum absolute atomic E-state index is 0.0125. The Bertz CT molecular complexity index is 1350. The summed E-state index contributed by atoms with van der Waals surface area (Å²) < 4.78 is 75.7. The van der Waals surface area contributed by atoms with Crippen molar-refractivity contribution in [2.75, 3.05) is 0 Å². The molecule has 0 radical (unpaired) electrons. The number of aromatic nitrogens is 2. The van der Waals surface area contributed by atoms with Crippen molar-refractivity contribution in [1.29, 1.82) is 0 Å². The van der Waals surface area contributed by atoms with Crippen LogP contribution in [0.25, 0.3) is 21.8 Å². The number of hydrogen-bond acceptors (Lipinski definition) is 3. The van der Waals surface area contributed by atoms with Gasteiger partial charge in [-0.2, -0.15) is 26.3 Å². The average molecular weight is 596 g/mol. The molecule has 0 aliphatic rings. The highest BCUT2D eigenvalue weighted by Gasteiger charge is 2.37. The van der Waals surface area contributed by atoms with Gasteiger partial charge in [-0.25, -0.2) is 9.97 Å². The number of hydrogen-bond donors (Lipinski definition) is 1. The van der Waals surface area contributed by atoms with Crippen molar-refractivity contribution in [3.63, 3.8) is 0 Å². The summed E-state index contributed by atoms with van der Waals surface area (Å²) in [4.78, 5) is 7.04. The van der Waals surface area contributed by atoms with Gasteiger partial charge in [-0.05, 0) is 60.1 Å². The third-order valence-corrected chi connectivity index (χ3v) is 5.98. The van der Waals surface area contributed by atoms with E-state index >= 15 is 0 Å². The van der Waals surface area contributed by atoms with Crippen LogP contribution >= 0.6 is 31.9 Å². The molecule has 0 fully saturated rings. The number of nitrogens with zero attached hydrogens (tertiary/aromatic N) is 2. The molecule has 174 valence electrons. The molecule has 2 aromatic heterocycles. The minimum atomic E-state index is -4.67. The predicted octanol–water partition coefficient (Wildman–Crippen LogP) is 8.35. The van der Waals surface area contributed by atoms with Crippen LogP contribution in [0.3, 0.4) is 0 Å². The van der Waals surface area contributed by atoms with Crippen LogP contribution in [0.5, 0.6) is 5.75 Å². The summed E-state index contributed by atoms with van der Waals surface area (Å²) in [5.41, 5.74) is 0.227. The second-order valence-electron chi connectivity index (χ2n) is 7.15. The third-order valence-electron chi connectivity index (χ3n) is 4.53. The first-order chi connectivity index (χ1) is 15.2. The van der Waals surface area contributed by atoms with Crippen LogP contribution in [-0.4, -0.2) is 15.1 Å². The lowest BCUT2D eigenvalue weighted by molar-refractivity contribution is -0.142. The normalized spacial score (nSPS) is 12.1. The molecule has 2 heterocycles. The van der Waals surface area contributed by atoms with Crippen molar-refractivity contribution < 1.29 is 31.4 Å². The molecule has 4 aromatic rings. The molecule has 0 aliphatic carbocycles. The number of fused-ring (bicyclic) bond motifs is 2. The van der Waals surface area contributed by atoms with E-state index < -0.39 is 29.5 Å². The van der Waals surface area contributed by atoms with E-state index in [2.05, 4.69) is 41.8 Å². The molecule has 0 amide bonds. The molecule has 0 spiro atoms. The molecule has 3 nitrogen and oxygen atoms in total. The first kappa shape index (κ1) is 25.2. The maximum Gasteiger partial charge on any atom is 0.437 e. The van der Waals surface area contributed by atoms with Crippen LogP contribution in [0.15, 0.2) is 51.4 Å². The molecule has 0 saturated carbocycles. The molecule has 2 aromatic carbocycles. The minimum Gasteiger partial charge on any atom is -0.505 e. The fraction of sp³-hybridized carbons (Fsp3) is 0.182. The van der Waals surface area contributed by atoms with Crippen molar-refractivity contribution in [3.05, 3.63) is 73.9 Å². The van der Waals surface area contributed by atoms with Gasteiger partial charge >= 0.3 is 12.4 Å². The highest BCUT2D eigenvalue weighted by Crippen LogP contribution is 2.41. The summed E-state index contributed by atoms with van der Waals surface area (Å²) in [6.07, 6.45) is -9.09. The van der Waals surface area contributed by atoms with E-state index in [1.54, 1.807) is 37.3 Å². The molecule has 0 saturated heterocycles. The zero-order chi connectivity index (χ0) is 24.7.